The molecule has 3 aromatic rings. The Kier molecular flexibility index (Phi) is 5.25. The van der Waals surface area contributed by atoms with E-state index in [1.165, 1.54) is 21.6 Å². The SMILES string of the molecule is Cc1cn(CC(=O)N2CCC(F)C2)c(=O)c2c(-c3ccc(F)c(Cl)c3)cc(Br)n12. The maximum absolute atomic E-state index is 13.6. The number of hydrogen-bond acceptors (Lipinski definition) is 2. The number of alkyl halides is 1. The summed E-state index contributed by atoms with van der Waals surface area (Å²) in [6.07, 6.45) is 0.902. The number of carbonyl (C=O) groups is 1. The maximum Gasteiger partial charge on any atom is 0.275 e. The number of amides is 1. The topological polar surface area (TPSA) is 46.7 Å². The van der Waals surface area contributed by atoms with Gasteiger partial charge in [0.05, 0.1) is 16.2 Å². The average molecular weight is 485 g/mol. The summed E-state index contributed by atoms with van der Waals surface area (Å²) in [6, 6.07) is 6.01. The van der Waals surface area contributed by atoms with E-state index in [4.69, 9.17) is 11.6 Å². The van der Waals surface area contributed by atoms with Crippen LogP contribution in [0.15, 0.2) is 39.9 Å². The lowest BCUT2D eigenvalue weighted by molar-refractivity contribution is -0.131. The molecule has 0 bridgehead atoms. The number of carbonyl (C=O) groups excluding carboxylic acids is 1. The highest BCUT2D eigenvalue weighted by molar-refractivity contribution is 9.10. The van der Waals surface area contributed by atoms with Crippen molar-refractivity contribution in [2.24, 2.45) is 0 Å². The van der Waals surface area contributed by atoms with Gasteiger partial charge in [0.1, 0.15) is 24.1 Å². The fourth-order valence-electron chi connectivity index (χ4n) is 3.70. The quantitative estimate of drug-likeness (QED) is 0.559. The number of aromatic nitrogens is 2. The predicted octanol–water partition coefficient (Wildman–Crippen LogP) is 4.20. The third-order valence-corrected chi connectivity index (χ3v) is 6.01. The monoisotopic (exact) mass is 483 g/mol. The molecule has 1 saturated heterocycles. The van der Waals surface area contributed by atoms with Gasteiger partial charge < -0.3 is 13.9 Å². The zero-order valence-corrected chi connectivity index (χ0v) is 17.8. The molecule has 0 aliphatic carbocycles. The Labute approximate surface area is 178 Å². The van der Waals surface area contributed by atoms with Crippen LogP contribution in [0.25, 0.3) is 16.6 Å². The van der Waals surface area contributed by atoms with Crippen LogP contribution in [-0.2, 0) is 11.3 Å². The summed E-state index contributed by atoms with van der Waals surface area (Å²) in [5.74, 6) is -0.845. The standard InChI is InChI=1S/C20H17BrClF2N3O2/c1-11-8-26(10-18(28)25-5-4-13(23)9-25)20(29)19-14(7-17(21)27(11)19)12-2-3-16(24)15(22)6-12/h2-3,6-8,13H,4-5,9-10H2,1H3. The van der Waals surface area contributed by atoms with Crippen molar-refractivity contribution < 1.29 is 13.6 Å². The molecule has 0 radical (unpaired) electrons. The molecular weight excluding hydrogens is 468 g/mol. The molecule has 4 rings (SSSR count). The Bertz CT molecular complexity index is 1190. The molecule has 1 aromatic carbocycles. The van der Waals surface area contributed by atoms with Crippen LogP contribution in [0, 0.1) is 12.7 Å². The van der Waals surface area contributed by atoms with Gasteiger partial charge in [0.15, 0.2) is 0 Å². The first-order valence-electron chi connectivity index (χ1n) is 9.04. The Morgan fingerprint density at radius 2 is 2.10 bits per heavy atom. The van der Waals surface area contributed by atoms with E-state index in [0.717, 1.165) is 5.69 Å². The van der Waals surface area contributed by atoms with Crippen LogP contribution >= 0.6 is 27.5 Å². The van der Waals surface area contributed by atoms with Gasteiger partial charge in [0.2, 0.25) is 5.91 Å². The highest BCUT2D eigenvalue weighted by Crippen LogP contribution is 2.32. The van der Waals surface area contributed by atoms with Crippen molar-refractivity contribution in [3.05, 3.63) is 62.0 Å². The molecule has 1 unspecified atom stereocenters. The molecular formula is C20H17BrClF2N3O2. The Balaban J connectivity index is 1.82. The van der Waals surface area contributed by atoms with Crippen LogP contribution in [0.2, 0.25) is 5.02 Å². The Hall–Kier alpha value is -2.19. The highest BCUT2D eigenvalue weighted by atomic mass is 79.9. The van der Waals surface area contributed by atoms with Gasteiger partial charge in [-0.05, 0) is 53.0 Å². The second kappa shape index (κ2) is 7.57. The second-order valence-electron chi connectivity index (χ2n) is 7.12. The van der Waals surface area contributed by atoms with Crippen LogP contribution < -0.4 is 5.56 Å². The van der Waals surface area contributed by atoms with Crippen molar-refractivity contribution in [1.29, 1.82) is 0 Å². The van der Waals surface area contributed by atoms with Crippen LogP contribution in [0.5, 0.6) is 0 Å². The van der Waals surface area contributed by atoms with E-state index >= 15 is 0 Å². The van der Waals surface area contributed by atoms with Crippen molar-refractivity contribution in [2.75, 3.05) is 13.1 Å². The van der Waals surface area contributed by atoms with Gasteiger partial charge >= 0.3 is 0 Å². The molecule has 1 aliphatic rings. The normalized spacial score (nSPS) is 16.7. The molecule has 1 fully saturated rings. The van der Waals surface area contributed by atoms with Crippen molar-refractivity contribution >= 4 is 39.0 Å². The van der Waals surface area contributed by atoms with E-state index in [0.29, 0.717) is 34.2 Å². The van der Waals surface area contributed by atoms with Gasteiger partial charge in [-0.25, -0.2) is 8.78 Å². The van der Waals surface area contributed by atoms with Crippen molar-refractivity contribution in [2.45, 2.75) is 26.1 Å². The summed E-state index contributed by atoms with van der Waals surface area (Å²) in [6.45, 7) is 2.05. The largest absolute Gasteiger partial charge is 0.338 e. The molecule has 152 valence electrons. The number of nitrogens with zero attached hydrogens (tertiary/aromatic N) is 3. The Morgan fingerprint density at radius 3 is 2.76 bits per heavy atom. The Morgan fingerprint density at radius 1 is 1.34 bits per heavy atom. The van der Waals surface area contributed by atoms with Gasteiger partial charge in [-0.1, -0.05) is 17.7 Å². The first kappa shape index (κ1) is 20.1. The lowest BCUT2D eigenvalue weighted by Gasteiger charge is -2.17. The summed E-state index contributed by atoms with van der Waals surface area (Å²) in [4.78, 5) is 27.2. The number of hydrogen-bond donors (Lipinski definition) is 0. The summed E-state index contributed by atoms with van der Waals surface area (Å²) >= 11 is 9.38. The second-order valence-corrected chi connectivity index (χ2v) is 8.34. The molecule has 1 amide bonds. The van der Waals surface area contributed by atoms with Crippen molar-refractivity contribution in [3.63, 3.8) is 0 Å². The fraction of sp³-hybridized carbons (Fsp3) is 0.300. The number of benzene rings is 1. The fourth-order valence-corrected chi connectivity index (χ4v) is 4.57. The average Bonchev–Trinajstić information content (AvgIpc) is 3.25. The van der Waals surface area contributed by atoms with Gasteiger partial charge in [-0.15, -0.1) is 0 Å². The van der Waals surface area contributed by atoms with E-state index < -0.39 is 12.0 Å². The first-order valence-corrected chi connectivity index (χ1v) is 10.2. The lowest BCUT2D eigenvalue weighted by Crippen LogP contribution is -2.35. The van der Waals surface area contributed by atoms with E-state index in [2.05, 4.69) is 15.9 Å². The molecule has 3 heterocycles. The van der Waals surface area contributed by atoms with E-state index in [-0.39, 0.29) is 29.6 Å². The minimum atomic E-state index is -1.02. The number of aryl methyl sites for hydroxylation is 1. The minimum Gasteiger partial charge on any atom is -0.338 e. The zero-order valence-electron chi connectivity index (χ0n) is 15.5. The first-order chi connectivity index (χ1) is 13.8. The molecule has 0 saturated carbocycles. The molecule has 9 heteroatoms. The van der Waals surface area contributed by atoms with Crippen LogP contribution in [-0.4, -0.2) is 39.0 Å². The van der Waals surface area contributed by atoms with Gasteiger partial charge in [-0.2, -0.15) is 0 Å². The van der Waals surface area contributed by atoms with Crippen LogP contribution in [0.1, 0.15) is 12.1 Å². The van der Waals surface area contributed by atoms with E-state index in [1.54, 1.807) is 22.7 Å². The number of rotatable bonds is 3. The van der Waals surface area contributed by atoms with Crippen molar-refractivity contribution in [1.82, 2.24) is 13.9 Å². The molecule has 1 atom stereocenters. The highest BCUT2D eigenvalue weighted by Gasteiger charge is 2.26. The van der Waals surface area contributed by atoms with Crippen LogP contribution in [0.4, 0.5) is 8.78 Å². The summed E-state index contributed by atoms with van der Waals surface area (Å²) < 4.78 is 30.7. The molecule has 0 N–H and O–H groups in total. The lowest BCUT2D eigenvalue weighted by atomic mass is 10.1. The van der Waals surface area contributed by atoms with Gasteiger partial charge in [0, 0.05) is 24.0 Å². The van der Waals surface area contributed by atoms with Gasteiger partial charge in [0.25, 0.3) is 5.56 Å². The molecule has 0 spiro atoms. The number of halogens is 4. The molecule has 29 heavy (non-hydrogen) atoms. The molecule has 2 aromatic heterocycles. The number of fused-ring (bicyclic) bond motifs is 1. The van der Waals surface area contributed by atoms with E-state index in [9.17, 15) is 18.4 Å². The van der Waals surface area contributed by atoms with Gasteiger partial charge in [-0.3, -0.25) is 9.59 Å². The third-order valence-electron chi connectivity index (χ3n) is 5.13. The summed E-state index contributed by atoms with van der Waals surface area (Å²) in [5, 5.41) is -0.0454. The van der Waals surface area contributed by atoms with Crippen molar-refractivity contribution in [3.8, 4) is 11.1 Å². The third kappa shape index (κ3) is 3.59. The minimum absolute atomic E-state index is 0.0454. The number of likely N-dealkylation sites (tertiary alicyclic amines) is 1. The predicted molar refractivity (Wildman–Crippen MR) is 111 cm³/mol. The smallest absolute Gasteiger partial charge is 0.275 e. The summed E-state index contributed by atoms with van der Waals surface area (Å²) in [7, 11) is 0. The zero-order chi connectivity index (χ0) is 20.9. The summed E-state index contributed by atoms with van der Waals surface area (Å²) in [5.41, 5.74) is 1.85. The molecule has 1 aliphatic heterocycles. The van der Waals surface area contributed by atoms with E-state index in [1.807, 2.05) is 6.92 Å². The molecule has 5 nitrogen and oxygen atoms in total. The van der Waals surface area contributed by atoms with Crippen LogP contribution in [0.3, 0.4) is 0 Å². The maximum atomic E-state index is 13.6.